The van der Waals surface area contributed by atoms with E-state index in [9.17, 15) is 4.79 Å². The minimum atomic E-state index is -0.109. The summed E-state index contributed by atoms with van der Waals surface area (Å²) >= 11 is 4.70. The van der Waals surface area contributed by atoms with Crippen molar-refractivity contribution >= 4 is 45.1 Å². The van der Waals surface area contributed by atoms with Crippen LogP contribution in [0.2, 0.25) is 0 Å². The number of aryl methyl sites for hydroxylation is 2. The molecule has 3 rings (SSSR count). The van der Waals surface area contributed by atoms with Crippen LogP contribution >= 0.6 is 27.7 Å². The van der Waals surface area contributed by atoms with Gasteiger partial charge in [-0.25, -0.2) is 9.50 Å². The summed E-state index contributed by atoms with van der Waals surface area (Å²) in [4.78, 5) is 20.9. The van der Waals surface area contributed by atoms with Gasteiger partial charge in [-0.15, -0.1) is 5.10 Å². The van der Waals surface area contributed by atoms with Gasteiger partial charge in [0.2, 0.25) is 11.1 Å². The number of aromatic nitrogens is 4. The summed E-state index contributed by atoms with van der Waals surface area (Å²) in [6.07, 6.45) is 0. The fraction of sp³-hybridized carbons (Fsp3) is 0.250. The topological polar surface area (TPSA) is 72.2 Å². The monoisotopic (exact) mass is 405 g/mol. The van der Waals surface area contributed by atoms with Crippen LogP contribution in [0.3, 0.4) is 0 Å². The van der Waals surface area contributed by atoms with Gasteiger partial charge < -0.3 is 5.32 Å². The number of nitrogens with one attached hydrogen (secondary N) is 1. The number of para-hydroxylation sites is 1. The first-order valence-corrected chi connectivity index (χ1v) is 9.11. The van der Waals surface area contributed by atoms with Crippen molar-refractivity contribution in [2.75, 3.05) is 11.1 Å². The third-order valence-corrected chi connectivity index (χ3v) is 5.25. The maximum absolute atomic E-state index is 12.1. The van der Waals surface area contributed by atoms with E-state index in [1.165, 1.54) is 11.8 Å². The molecule has 2 heterocycles. The Morgan fingerprint density at radius 3 is 2.75 bits per heavy atom. The Hall–Kier alpha value is -1.93. The zero-order valence-electron chi connectivity index (χ0n) is 13.5. The van der Waals surface area contributed by atoms with Gasteiger partial charge in [0.1, 0.15) is 0 Å². The van der Waals surface area contributed by atoms with E-state index in [1.807, 2.05) is 45.0 Å². The van der Waals surface area contributed by atoms with Crippen molar-refractivity contribution in [3.63, 3.8) is 0 Å². The Morgan fingerprint density at radius 2 is 2.00 bits per heavy atom. The Morgan fingerprint density at radius 1 is 1.25 bits per heavy atom. The van der Waals surface area contributed by atoms with E-state index in [0.717, 1.165) is 27.1 Å². The molecule has 1 aromatic carbocycles. The highest BCUT2D eigenvalue weighted by atomic mass is 79.9. The molecular formula is C16H16BrN5OS. The van der Waals surface area contributed by atoms with Gasteiger partial charge in [-0.3, -0.25) is 4.79 Å². The minimum Gasteiger partial charge on any atom is -0.324 e. The van der Waals surface area contributed by atoms with E-state index >= 15 is 0 Å². The largest absolute Gasteiger partial charge is 0.324 e. The molecule has 6 nitrogen and oxygen atoms in total. The first kappa shape index (κ1) is 16.9. The molecule has 0 saturated heterocycles. The highest BCUT2D eigenvalue weighted by Gasteiger charge is 2.13. The van der Waals surface area contributed by atoms with Gasteiger partial charge in [-0.1, -0.05) is 23.9 Å². The summed E-state index contributed by atoms with van der Waals surface area (Å²) in [5.41, 5.74) is 3.79. The van der Waals surface area contributed by atoms with Crippen molar-refractivity contribution in [3.05, 3.63) is 45.7 Å². The average molecular weight is 406 g/mol. The Balaban J connectivity index is 1.71. The molecule has 0 aliphatic rings. The fourth-order valence-corrected chi connectivity index (χ4v) is 3.18. The molecule has 1 amide bonds. The molecule has 0 aliphatic carbocycles. The molecule has 8 heteroatoms. The molecule has 0 unspecified atom stereocenters. The van der Waals surface area contributed by atoms with Crippen LogP contribution in [0.1, 0.15) is 17.0 Å². The molecule has 24 heavy (non-hydrogen) atoms. The highest BCUT2D eigenvalue weighted by molar-refractivity contribution is 9.10. The van der Waals surface area contributed by atoms with Gasteiger partial charge >= 0.3 is 0 Å². The standard InChI is InChI=1S/C16H16BrN5OS/c1-9-10(2)18-15-20-16(21-22(15)11(9)3)24-8-14(23)19-13-7-5-4-6-12(13)17/h4-7H,8H2,1-3H3,(H,19,23). The summed E-state index contributed by atoms with van der Waals surface area (Å²) in [5, 5.41) is 7.83. The average Bonchev–Trinajstić information content (AvgIpc) is 2.96. The number of amides is 1. The minimum absolute atomic E-state index is 0.109. The van der Waals surface area contributed by atoms with Gasteiger partial charge in [0.15, 0.2) is 0 Å². The second kappa shape index (κ2) is 6.90. The Kier molecular flexibility index (Phi) is 4.86. The third-order valence-electron chi connectivity index (χ3n) is 3.72. The zero-order valence-corrected chi connectivity index (χ0v) is 15.9. The van der Waals surface area contributed by atoms with Crippen molar-refractivity contribution in [2.24, 2.45) is 0 Å². The lowest BCUT2D eigenvalue weighted by Crippen LogP contribution is -2.14. The maximum Gasteiger partial charge on any atom is 0.253 e. The number of thioether (sulfide) groups is 1. The molecular weight excluding hydrogens is 390 g/mol. The number of anilines is 1. The molecule has 0 saturated carbocycles. The maximum atomic E-state index is 12.1. The number of halogens is 1. The first-order chi connectivity index (χ1) is 11.5. The van der Waals surface area contributed by atoms with E-state index in [-0.39, 0.29) is 11.7 Å². The van der Waals surface area contributed by atoms with Gasteiger partial charge in [0, 0.05) is 15.9 Å². The Labute approximate surface area is 152 Å². The van der Waals surface area contributed by atoms with E-state index in [0.29, 0.717) is 10.9 Å². The lowest BCUT2D eigenvalue weighted by molar-refractivity contribution is -0.113. The van der Waals surface area contributed by atoms with Crippen LogP contribution in [0.25, 0.3) is 5.78 Å². The normalized spacial score (nSPS) is 11.0. The third kappa shape index (κ3) is 3.44. The van der Waals surface area contributed by atoms with Crippen molar-refractivity contribution in [2.45, 2.75) is 25.9 Å². The molecule has 0 atom stereocenters. The smallest absolute Gasteiger partial charge is 0.253 e. The molecule has 0 fully saturated rings. The summed E-state index contributed by atoms with van der Waals surface area (Å²) in [6.45, 7) is 5.95. The molecule has 1 N–H and O–H groups in total. The van der Waals surface area contributed by atoms with Crippen molar-refractivity contribution in [1.82, 2.24) is 19.6 Å². The van der Waals surface area contributed by atoms with Gasteiger partial charge in [-0.2, -0.15) is 4.98 Å². The van der Waals surface area contributed by atoms with Crippen LogP contribution in [-0.4, -0.2) is 31.2 Å². The molecule has 2 aromatic heterocycles. The number of carbonyl (C=O) groups excluding carboxylic acids is 1. The van der Waals surface area contributed by atoms with Crippen molar-refractivity contribution < 1.29 is 4.79 Å². The van der Waals surface area contributed by atoms with E-state index in [2.05, 4.69) is 36.3 Å². The highest BCUT2D eigenvalue weighted by Crippen LogP contribution is 2.22. The lowest BCUT2D eigenvalue weighted by atomic mass is 10.2. The molecule has 124 valence electrons. The Bertz CT molecular complexity index is 924. The number of nitrogens with zero attached hydrogens (tertiary/aromatic N) is 4. The number of fused-ring (bicyclic) bond motifs is 1. The van der Waals surface area contributed by atoms with Crippen LogP contribution in [-0.2, 0) is 4.79 Å². The lowest BCUT2D eigenvalue weighted by Gasteiger charge is -2.05. The van der Waals surface area contributed by atoms with Gasteiger partial charge in [0.25, 0.3) is 5.78 Å². The van der Waals surface area contributed by atoms with E-state index < -0.39 is 0 Å². The first-order valence-electron chi connectivity index (χ1n) is 7.33. The van der Waals surface area contributed by atoms with Crippen LogP contribution < -0.4 is 5.32 Å². The van der Waals surface area contributed by atoms with Gasteiger partial charge in [0.05, 0.1) is 11.4 Å². The number of benzene rings is 1. The van der Waals surface area contributed by atoms with Crippen LogP contribution in [0.4, 0.5) is 5.69 Å². The molecule has 3 aromatic rings. The van der Waals surface area contributed by atoms with E-state index in [4.69, 9.17) is 0 Å². The fourth-order valence-electron chi connectivity index (χ4n) is 2.18. The van der Waals surface area contributed by atoms with Crippen molar-refractivity contribution in [3.8, 4) is 0 Å². The van der Waals surface area contributed by atoms with Crippen LogP contribution in [0.5, 0.6) is 0 Å². The molecule has 0 spiro atoms. The van der Waals surface area contributed by atoms with E-state index in [1.54, 1.807) is 4.52 Å². The molecule has 0 bridgehead atoms. The molecule has 0 aliphatic heterocycles. The number of carbonyl (C=O) groups is 1. The number of hydrogen-bond donors (Lipinski definition) is 1. The quantitative estimate of drug-likeness (QED) is 0.671. The summed E-state index contributed by atoms with van der Waals surface area (Å²) in [7, 11) is 0. The predicted molar refractivity (Wildman–Crippen MR) is 98.5 cm³/mol. The predicted octanol–water partition coefficient (Wildman–Crippen LogP) is 3.54. The zero-order chi connectivity index (χ0) is 17.3. The molecule has 0 radical (unpaired) electrons. The number of rotatable bonds is 4. The summed E-state index contributed by atoms with van der Waals surface area (Å²) in [5.74, 6) is 0.682. The summed E-state index contributed by atoms with van der Waals surface area (Å²) in [6, 6.07) is 7.49. The van der Waals surface area contributed by atoms with Crippen molar-refractivity contribution in [1.29, 1.82) is 0 Å². The van der Waals surface area contributed by atoms with Crippen LogP contribution in [0.15, 0.2) is 33.9 Å². The van der Waals surface area contributed by atoms with Gasteiger partial charge in [-0.05, 0) is 54.4 Å². The van der Waals surface area contributed by atoms with Crippen LogP contribution in [0, 0.1) is 20.8 Å². The SMILES string of the molecule is Cc1nc2nc(SCC(=O)Nc3ccccc3Br)nn2c(C)c1C. The number of hydrogen-bond acceptors (Lipinski definition) is 5. The second-order valence-corrected chi connectivity index (χ2v) is 7.13. The second-order valence-electron chi connectivity index (χ2n) is 5.33. The summed E-state index contributed by atoms with van der Waals surface area (Å²) < 4.78 is 2.57.